The van der Waals surface area contributed by atoms with Crippen molar-refractivity contribution in [2.45, 2.75) is 30.2 Å². The molecule has 1 saturated heterocycles. The largest absolute Gasteiger partial charge is 0.495 e. The maximum Gasteiger partial charge on any atom is 0.244 e. The molecule has 1 fully saturated rings. The van der Waals surface area contributed by atoms with Crippen LogP contribution in [0.4, 0.5) is 0 Å². The lowest BCUT2D eigenvalue weighted by atomic mass is 10.1. The van der Waals surface area contributed by atoms with Crippen LogP contribution in [-0.2, 0) is 10.0 Å². The molecule has 0 radical (unpaired) electrons. The summed E-state index contributed by atoms with van der Waals surface area (Å²) in [6, 6.07) is 6.86. The minimum absolute atomic E-state index is 0.188. The lowest BCUT2D eigenvalue weighted by Gasteiger charge is -2.23. The molecule has 1 heterocycles. The first kappa shape index (κ1) is 14.3. The maximum absolute atomic E-state index is 12.2. The number of benzene rings is 1. The van der Waals surface area contributed by atoms with Gasteiger partial charge in [0.15, 0.2) is 0 Å². The Kier molecular flexibility index (Phi) is 4.79. The van der Waals surface area contributed by atoms with E-state index in [0.717, 1.165) is 25.8 Å². The first-order valence-electron chi connectivity index (χ1n) is 6.49. The van der Waals surface area contributed by atoms with Gasteiger partial charge in [0.1, 0.15) is 10.6 Å². The summed E-state index contributed by atoms with van der Waals surface area (Å²) in [5.74, 6) is 0.367. The van der Waals surface area contributed by atoms with E-state index in [0.29, 0.717) is 12.3 Å². The minimum Gasteiger partial charge on any atom is -0.495 e. The molecule has 1 aliphatic heterocycles. The van der Waals surface area contributed by atoms with E-state index in [2.05, 4.69) is 10.0 Å². The van der Waals surface area contributed by atoms with Crippen molar-refractivity contribution in [3.63, 3.8) is 0 Å². The molecule has 5 nitrogen and oxygen atoms in total. The number of rotatable bonds is 5. The first-order chi connectivity index (χ1) is 9.13. The molecule has 106 valence electrons. The van der Waals surface area contributed by atoms with Crippen LogP contribution in [-0.4, -0.2) is 34.7 Å². The van der Waals surface area contributed by atoms with Crippen molar-refractivity contribution in [3.8, 4) is 5.75 Å². The van der Waals surface area contributed by atoms with Gasteiger partial charge in [-0.1, -0.05) is 18.6 Å². The third-order valence-electron chi connectivity index (χ3n) is 3.29. The Morgan fingerprint density at radius 1 is 1.37 bits per heavy atom. The zero-order chi connectivity index (χ0) is 13.7. The Hall–Kier alpha value is -1.11. The Balaban J connectivity index is 2.05. The van der Waals surface area contributed by atoms with Crippen molar-refractivity contribution in [1.29, 1.82) is 0 Å². The Labute approximate surface area is 114 Å². The lowest BCUT2D eigenvalue weighted by Crippen LogP contribution is -2.43. The quantitative estimate of drug-likeness (QED) is 0.850. The van der Waals surface area contributed by atoms with Crippen LogP contribution in [0.15, 0.2) is 29.2 Å². The monoisotopic (exact) mass is 284 g/mol. The van der Waals surface area contributed by atoms with Crippen molar-refractivity contribution in [3.05, 3.63) is 24.3 Å². The van der Waals surface area contributed by atoms with Gasteiger partial charge in [0, 0.05) is 12.6 Å². The number of para-hydroxylation sites is 1. The number of methoxy groups -OCH3 is 1. The van der Waals surface area contributed by atoms with Gasteiger partial charge in [0.05, 0.1) is 7.11 Å². The summed E-state index contributed by atoms with van der Waals surface area (Å²) in [6.07, 6.45) is 3.32. The molecule has 0 bridgehead atoms. The summed E-state index contributed by atoms with van der Waals surface area (Å²) in [5.41, 5.74) is 0. The second-order valence-corrected chi connectivity index (χ2v) is 6.38. The normalized spacial score (nSPS) is 20.2. The number of ether oxygens (including phenoxy) is 1. The van der Waals surface area contributed by atoms with Crippen molar-refractivity contribution in [2.24, 2.45) is 0 Å². The highest BCUT2D eigenvalue weighted by molar-refractivity contribution is 7.89. The number of sulfonamides is 1. The summed E-state index contributed by atoms with van der Waals surface area (Å²) in [4.78, 5) is 0.188. The van der Waals surface area contributed by atoms with Crippen molar-refractivity contribution in [2.75, 3.05) is 20.2 Å². The molecule has 1 atom stereocenters. The molecule has 0 saturated carbocycles. The number of nitrogens with one attached hydrogen (secondary N) is 2. The molecule has 0 amide bonds. The highest BCUT2D eigenvalue weighted by atomic mass is 32.2. The predicted molar refractivity (Wildman–Crippen MR) is 73.8 cm³/mol. The molecule has 1 unspecified atom stereocenters. The Bertz CT molecular complexity index is 510. The van der Waals surface area contributed by atoms with E-state index in [1.54, 1.807) is 24.3 Å². The maximum atomic E-state index is 12.2. The summed E-state index contributed by atoms with van der Waals surface area (Å²) < 4.78 is 32.2. The van der Waals surface area contributed by atoms with Crippen LogP contribution in [0, 0.1) is 0 Å². The summed E-state index contributed by atoms with van der Waals surface area (Å²) in [5, 5.41) is 3.31. The third kappa shape index (κ3) is 3.68. The first-order valence-corrected chi connectivity index (χ1v) is 7.98. The number of hydrogen-bond acceptors (Lipinski definition) is 4. The number of hydrogen-bond donors (Lipinski definition) is 2. The summed E-state index contributed by atoms with van der Waals surface area (Å²) in [6.45, 7) is 1.38. The number of piperidine rings is 1. The second kappa shape index (κ2) is 6.36. The van der Waals surface area contributed by atoms with E-state index < -0.39 is 10.0 Å². The van der Waals surface area contributed by atoms with Crippen molar-refractivity contribution >= 4 is 10.0 Å². The van der Waals surface area contributed by atoms with E-state index in [-0.39, 0.29) is 10.9 Å². The highest BCUT2D eigenvalue weighted by Gasteiger charge is 2.21. The zero-order valence-electron chi connectivity index (χ0n) is 11.1. The van der Waals surface area contributed by atoms with Crippen LogP contribution in [0.3, 0.4) is 0 Å². The SMILES string of the molecule is COc1ccccc1S(=O)(=O)NCC1CCCCN1. The van der Waals surface area contributed by atoms with Crippen molar-refractivity contribution in [1.82, 2.24) is 10.0 Å². The van der Waals surface area contributed by atoms with Crippen LogP contribution >= 0.6 is 0 Å². The van der Waals surface area contributed by atoms with Gasteiger partial charge in [-0.2, -0.15) is 0 Å². The molecular weight excluding hydrogens is 264 g/mol. The molecule has 19 heavy (non-hydrogen) atoms. The fourth-order valence-electron chi connectivity index (χ4n) is 2.23. The molecule has 0 aromatic heterocycles. The molecule has 2 rings (SSSR count). The van der Waals surface area contributed by atoms with E-state index in [4.69, 9.17) is 4.74 Å². The van der Waals surface area contributed by atoms with Crippen LogP contribution in [0.5, 0.6) is 5.75 Å². The van der Waals surface area contributed by atoms with Gasteiger partial charge in [-0.3, -0.25) is 0 Å². The summed E-state index contributed by atoms with van der Waals surface area (Å²) in [7, 11) is -2.05. The highest BCUT2D eigenvalue weighted by Crippen LogP contribution is 2.22. The van der Waals surface area contributed by atoms with E-state index in [1.165, 1.54) is 7.11 Å². The average molecular weight is 284 g/mol. The van der Waals surface area contributed by atoms with E-state index in [9.17, 15) is 8.42 Å². The molecule has 1 aromatic carbocycles. The fourth-order valence-corrected chi connectivity index (χ4v) is 3.48. The van der Waals surface area contributed by atoms with Crippen LogP contribution in [0.2, 0.25) is 0 Å². The molecule has 0 spiro atoms. The van der Waals surface area contributed by atoms with E-state index in [1.807, 2.05) is 0 Å². The molecular formula is C13H20N2O3S. The third-order valence-corrected chi connectivity index (χ3v) is 4.75. The molecule has 2 N–H and O–H groups in total. The van der Waals surface area contributed by atoms with Gasteiger partial charge in [-0.15, -0.1) is 0 Å². The van der Waals surface area contributed by atoms with Crippen LogP contribution < -0.4 is 14.8 Å². The molecule has 0 aliphatic carbocycles. The Morgan fingerprint density at radius 3 is 2.84 bits per heavy atom. The van der Waals surface area contributed by atoms with Gasteiger partial charge < -0.3 is 10.1 Å². The van der Waals surface area contributed by atoms with Gasteiger partial charge in [0.25, 0.3) is 0 Å². The van der Waals surface area contributed by atoms with Gasteiger partial charge in [-0.25, -0.2) is 13.1 Å². The van der Waals surface area contributed by atoms with Gasteiger partial charge in [-0.05, 0) is 31.5 Å². The van der Waals surface area contributed by atoms with Crippen molar-refractivity contribution < 1.29 is 13.2 Å². The van der Waals surface area contributed by atoms with Gasteiger partial charge >= 0.3 is 0 Å². The average Bonchev–Trinajstić information content (AvgIpc) is 2.46. The zero-order valence-corrected chi connectivity index (χ0v) is 11.9. The van der Waals surface area contributed by atoms with Gasteiger partial charge in [0.2, 0.25) is 10.0 Å². The molecule has 1 aliphatic rings. The molecule has 1 aromatic rings. The second-order valence-electron chi connectivity index (χ2n) is 4.65. The molecule has 6 heteroatoms. The fraction of sp³-hybridized carbons (Fsp3) is 0.538. The predicted octanol–water partition coefficient (Wildman–Crippen LogP) is 1.12. The van der Waals surface area contributed by atoms with E-state index >= 15 is 0 Å². The van der Waals surface area contributed by atoms with Crippen LogP contribution in [0.1, 0.15) is 19.3 Å². The lowest BCUT2D eigenvalue weighted by molar-refractivity contribution is 0.394. The summed E-state index contributed by atoms with van der Waals surface area (Å²) >= 11 is 0. The smallest absolute Gasteiger partial charge is 0.244 e. The standard InChI is InChI=1S/C13H20N2O3S/c1-18-12-7-2-3-8-13(12)19(16,17)15-10-11-6-4-5-9-14-11/h2-3,7-8,11,14-15H,4-6,9-10H2,1H3. The topological polar surface area (TPSA) is 67.4 Å². The van der Waals surface area contributed by atoms with Crippen LogP contribution in [0.25, 0.3) is 0 Å². The Morgan fingerprint density at radius 2 is 2.16 bits per heavy atom. The minimum atomic E-state index is -3.52.